The van der Waals surface area contributed by atoms with Crippen LogP contribution in [0, 0.1) is 12.8 Å². The lowest BCUT2D eigenvalue weighted by molar-refractivity contribution is 0.0758. The van der Waals surface area contributed by atoms with Gasteiger partial charge in [0.1, 0.15) is 0 Å². The van der Waals surface area contributed by atoms with Crippen molar-refractivity contribution < 1.29 is 9.32 Å². The van der Waals surface area contributed by atoms with E-state index in [0.29, 0.717) is 35.9 Å². The van der Waals surface area contributed by atoms with Crippen molar-refractivity contribution in [2.75, 3.05) is 13.1 Å². The summed E-state index contributed by atoms with van der Waals surface area (Å²) in [6.45, 7) is 3.19. The summed E-state index contributed by atoms with van der Waals surface area (Å²) in [4.78, 5) is 24.0. The summed E-state index contributed by atoms with van der Waals surface area (Å²) >= 11 is 0. The quantitative estimate of drug-likeness (QED) is 0.841. The molecule has 0 aromatic carbocycles. The minimum atomic E-state index is -0.186. The third-order valence-electron chi connectivity index (χ3n) is 6.02. The van der Waals surface area contributed by atoms with Crippen LogP contribution in [0.15, 0.2) is 4.52 Å². The van der Waals surface area contributed by atoms with Gasteiger partial charge in [0.2, 0.25) is 11.7 Å². The zero-order valence-electron chi connectivity index (χ0n) is 14.6. The van der Waals surface area contributed by atoms with Crippen LogP contribution in [-0.4, -0.2) is 48.8 Å². The molecule has 1 amide bonds. The number of carbonyl (C=O) groups excluding carboxylic acids is 1. The molecule has 8 heteroatoms. The number of nitrogens with zero attached hydrogens (tertiary/aromatic N) is 6. The largest absolute Gasteiger partial charge is 0.339 e. The molecule has 5 rings (SSSR count). The van der Waals surface area contributed by atoms with Gasteiger partial charge in [0.25, 0.3) is 5.91 Å². The predicted molar refractivity (Wildman–Crippen MR) is 86.9 cm³/mol. The maximum absolute atomic E-state index is 13.1. The van der Waals surface area contributed by atoms with Crippen LogP contribution in [0.1, 0.15) is 66.2 Å². The first-order valence-corrected chi connectivity index (χ1v) is 9.08. The van der Waals surface area contributed by atoms with Crippen molar-refractivity contribution in [3.63, 3.8) is 0 Å². The van der Waals surface area contributed by atoms with Crippen molar-refractivity contribution in [1.29, 1.82) is 0 Å². The van der Waals surface area contributed by atoms with Gasteiger partial charge in [0, 0.05) is 26.1 Å². The summed E-state index contributed by atoms with van der Waals surface area (Å²) in [7, 11) is 1.81. The summed E-state index contributed by atoms with van der Waals surface area (Å²) in [5, 5.41) is 8.41. The second-order valence-corrected chi connectivity index (χ2v) is 7.77. The van der Waals surface area contributed by atoms with E-state index in [9.17, 15) is 4.79 Å². The van der Waals surface area contributed by atoms with Crippen molar-refractivity contribution in [2.24, 2.45) is 13.0 Å². The molecule has 2 aromatic heterocycles. The molecule has 0 unspecified atom stereocenters. The Labute approximate surface area is 145 Å². The van der Waals surface area contributed by atoms with Gasteiger partial charge in [0.05, 0.1) is 5.41 Å². The van der Waals surface area contributed by atoms with Crippen LogP contribution in [0.2, 0.25) is 0 Å². The highest BCUT2D eigenvalue weighted by molar-refractivity contribution is 5.91. The molecule has 2 aromatic rings. The van der Waals surface area contributed by atoms with Gasteiger partial charge in [-0.3, -0.25) is 4.79 Å². The zero-order valence-corrected chi connectivity index (χ0v) is 14.6. The Kier molecular flexibility index (Phi) is 3.08. The molecule has 0 spiro atoms. The normalized spacial score (nSPS) is 28.6. The molecule has 2 atom stereocenters. The fraction of sp³-hybridized carbons (Fsp3) is 0.706. The predicted octanol–water partition coefficient (Wildman–Crippen LogP) is 1.58. The Balaban J connectivity index is 1.43. The fourth-order valence-electron chi connectivity index (χ4n) is 4.54. The van der Waals surface area contributed by atoms with E-state index in [0.717, 1.165) is 44.5 Å². The molecule has 3 aliphatic rings. The zero-order chi connectivity index (χ0) is 17.2. The second kappa shape index (κ2) is 5.12. The Bertz CT molecular complexity index is 838. The molecule has 0 radical (unpaired) electrons. The number of aryl methyl sites for hydroxylation is 2. The van der Waals surface area contributed by atoms with Crippen molar-refractivity contribution >= 4 is 5.91 Å². The van der Waals surface area contributed by atoms with Crippen LogP contribution >= 0.6 is 0 Å². The standard InChI is InChI=1S/C17H22N6O2/c1-10-18-16(25-21-10)17-7-3-4-12(17)8-23(9-17)15(24)14-19-13(11-5-6-11)20-22(14)2/h11-12H,3-9H2,1-2H3/t12-,17-/m0/s1. The van der Waals surface area contributed by atoms with Crippen molar-refractivity contribution in [3.05, 3.63) is 23.4 Å². The van der Waals surface area contributed by atoms with Crippen LogP contribution in [0.4, 0.5) is 0 Å². The summed E-state index contributed by atoms with van der Waals surface area (Å²) in [6.07, 6.45) is 5.49. The van der Waals surface area contributed by atoms with Crippen molar-refractivity contribution in [2.45, 2.75) is 50.4 Å². The second-order valence-electron chi connectivity index (χ2n) is 7.77. The van der Waals surface area contributed by atoms with E-state index in [4.69, 9.17) is 4.52 Å². The van der Waals surface area contributed by atoms with Crippen molar-refractivity contribution in [3.8, 4) is 0 Å². The number of aromatic nitrogens is 5. The monoisotopic (exact) mass is 342 g/mol. The first-order chi connectivity index (χ1) is 12.1. The van der Waals surface area contributed by atoms with Gasteiger partial charge in [0.15, 0.2) is 11.6 Å². The average molecular weight is 342 g/mol. The fourth-order valence-corrected chi connectivity index (χ4v) is 4.54. The lowest BCUT2D eigenvalue weighted by atomic mass is 9.80. The third kappa shape index (κ3) is 2.22. The third-order valence-corrected chi connectivity index (χ3v) is 6.02. The Morgan fingerprint density at radius 1 is 1.28 bits per heavy atom. The summed E-state index contributed by atoms with van der Waals surface area (Å²) < 4.78 is 7.15. The smallest absolute Gasteiger partial charge is 0.291 e. The minimum absolute atomic E-state index is 0.0353. The van der Waals surface area contributed by atoms with Crippen molar-refractivity contribution in [1.82, 2.24) is 29.8 Å². The summed E-state index contributed by atoms with van der Waals surface area (Å²) in [5.41, 5.74) is -0.186. The lowest BCUT2D eigenvalue weighted by Crippen LogP contribution is -2.36. The Morgan fingerprint density at radius 3 is 2.84 bits per heavy atom. The van der Waals surface area contributed by atoms with Gasteiger partial charge in [-0.15, -0.1) is 0 Å². The highest BCUT2D eigenvalue weighted by Gasteiger charge is 2.55. The van der Waals surface area contributed by atoms with Gasteiger partial charge in [-0.2, -0.15) is 10.1 Å². The van der Waals surface area contributed by atoms with Crippen LogP contribution in [0.25, 0.3) is 0 Å². The van der Waals surface area contributed by atoms with E-state index in [1.165, 1.54) is 0 Å². The van der Waals surface area contributed by atoms with Crippen LogP contribution in [-0.2, 0) is 12.5 Å². The molecule has 3 heterocycles. The summed E-state index contributed by atoms with van der Waals surface area (Å²) in [6, 6.07) is 0. The first kappa shape index (κ1) is 15.0. The number of hydrogen-bond acceptors (Lipinski definition) is 6. The molecule has 2 saturated carbocycles. The first-order valence-electron chi connectivity index (χ1n) is 9.08. The van der Waals surface area contributed by atoms with Gasteiger partial charge >= 0.3 is 0 Å². The molecule has 1 saturated heterocycles. The topological polar surface area (TPSA) is 89.9 Å². The molecular weight excluding hydrogens is 320 g/mol. The molecular formula is C17H22N6O2. The molecule has 8 nitrogen and oxygen atoms in total. The molecule has 0 bridgehead atoms. The van der Waals surface area contributed by atoms with E-state index in [-0.39, 0.29) is 11.3 Å². The van der Waals surface area contributed by atoms with Gasteiger partial charge in [-0.05, 0) is 38.5 Å². The summed E-state index contributed by atoms with van der Waals surface area (Å²) in [5.74, 6) is 3.39. The number of fused-ring (bicyclic) bond motifs is 1. The van der Waals surface area contributed by atoms with E-state index in [1.54, 1.807) is 11.7 Å². The Hall–Kier alpha value is -2.25. The molecule has 25 heavy (non-hydrogen) atoms. The SMILES string of the molecule is Cc1noc([C@]23CCC[C@H]2CN(C(=O)c2nc(C4CC4)nn2C)C3)n1. The van der Waals surface area contributed by atoms with Crippen LogP contribution in [0.3, 0.4) is 0 Å². The number of likely N-dealkylation sites (tertiary alicyclic amines) is 1. The lowest BCUT2D eigenvalue weighted by Gasteiger charge is -2.23. The van der Waals surface area contributed by atoms with E-state index < -0.39 is 0 Å². The molecule has 0 N–H and O–H groups in total. The average Bonchev–Trinajstić information content (AvgIpc) is 2.92. The maximum atomic E-state index is 13.1. The highest BCUT2D eigenvalue weighted by atomic mass is 16.5. The number of hydrogen-bond donors (Lipinski definition) is 0. The number of amides is 1. The van der Waals surface area contributed by atoms with E-state index in [2.05, 4.69) is 20.2 Å². The number of carbonyl (C=O) groups is 1. The van der Waals surface area contributed by atoms with Crippen LogP contribution < -0.4 is 0 Å². The molecule has 3 fully saturated rings. The maximum Gasteiger partial charge on any atom is 0.291 e. The van der Waals surface area contributed by atoms with E-state index in [1.807, 2.05) is 11.8 Å². The van der Waals surface area contributed by atoms with Gasteiger partial charge in [-0.25, -0.2) is 9.67 Å². The molecule has 1 aliphatic heterocycles. The molecule has 2 aliphatic carbocycles. The number of rotatable bonds is 3. The van der Waals surface area contributed by atoms with Gasteiger partial charge in [-0.1, -0.05) is 11.6 Å². The Morgan fingerprint density at radius 2 is 2.12 bits per heavy atom. The highest BCUT2D eigenvalue weighted by Crippen LogP contribution is 2.50. The van der Waals surface area contributed by atoms with Gasteiger partial charge < -0.3 is 9.42 Å². The van der Waals surface area contributed by atoms with Crippen LogP contribution in [0.5, 0.6) is 0 Å². The van der Waals surface area contributed by atoms with E-state index >= 15 is 0 Å². The minimum Gasteiger partial charge on any atom is -0.339 e. The molecule has 132 valence electrons.